The standard InChI is InChI=1S/C14H28N2/c1-6-15-11-8-7-9-16(10-11)12-13(2,3)14(12,4)5/h11-12,15H,6-10H2,1-5H3. The van der Waals surface area contributed by atoms with Gasteiger partial charge in [-0.3, -0.25) is 4.90 Å². The maximum atomic E-state index is 3.61. The Balaban J connectivity index is 1.96. The second kappa shape index (κ2) is 3.99. The molecule has 2 nitrogen and oxygen atoms in total. The molecule has 1 heterocycles. The Kier molecular flexibility index (Phi) is 3.09. The first-order valence-electron chi connectivity index (χ1n) is 6.88. The molecule has 0 amide bonds. The summed E-state index contributed by atoms with van der Waals surface area (Å²) >= 11 is 0. The molecule has 0 spiro atoms. The first-order valence-corrected chi connectivity index (χ1v) is 6.88. The second-order valence-corrected chi connectivity index (χ2v) is 6.74. The van der Waals surface area contributed by atoms with E-state index in [1.54, 1.807) is 0 Å². The number of nitrogens with one attached hydrogen (secondary N) is 1. The van der Waals surface area contributed by atoms with Gasteiger partial charge in [0, 0.05) is 18.6 Å². The van der Waals surface area contributed by atoms with E-state index in [9.17, 15) is 0 Å². The highest BCUT2D eigenvalue weighted by Gasteiger charge is 2.66. The lowest BCUT2D eigenvalue weighted by Crippen LogP contribution is -2.47. The van der Waals surface area contributed by atoms with Crippen molar-refractivity contribution in [3.63, 3.8) is 0 Å². The summed E-state index contributed by atoms with van der Waals surface area (Å²) in [7, 11) is 0. The number of hydrogen-bond donors (Lipinski definition) is 1. The van der Waals surface area contributed by atoms with Gasteiger partial charge < -0.3 is 5.32 Å². The van der Waals surface area contributed by atoms with Gasteiger partial charge in [-0.2, -0.15) is 0 Å². The monoisotopic (exact) mass is 224 g/mol. The van der Waals surface area contributed by atoms with Crippen LogP contribution in [-0.4, -0.2) is 36.6 Å². The van der Waals surface area contributed by atoms with Gasteiger partial charge in [0.2, 0.25) is 0 Å². The van der Waals surface area contributed by atoms with Crippen molar-refractivity contribution in [1.29, 1.82) is 0 Å². The minimum Gasteiger partial charge on any atom is -0.313 e. The van der Waals surface area contributed by atoms with Crippen molar-refractivity contribution in [3.05, 3.63) is 0 Å². The topological polar surface area (TPSA) is 15.3 Å². The number of piperidine rings is 1. The smallest absolute Gasteiger partial charge is 0.0210 e. The van der Waals surface area contributed by atoms with E-state index in [4.69, 9.17) is 0 Å². The highest BCUT2D eigenvalue weighted by Crippen LogP contribution is 2.65. The molecule has 1 aliphatic heterocycles. The molecule has 1 aliphatic carbocycles. The van der Waals surface area contributed by atoms with Gasteiger partial charge in [-0.1, -0.05) is 34.6 Å². The average Bonchev–Trinajstić information content (AvgIpc) is 2.58. The van der Waals surface area contributed by atoms with Crippen LogP contribution < -0.4 is 5.32 Å². The van der Waals surface area contributed by atoms with E-state index in [0.29, 0.717) is 10.8 Å². The van der Waals surface area contributed by atoms with Crippen LogP contribution >= 0.6 is 0 Å². The van der Waals surface area contributed by atoms with Crippen LogP contribution in [0.3, 0.4) is 0 Å². The molecule has 0 aromatic heterocycles. The highest BCUT2D eigenvalue weighted by atomic mass is 15.3. The SMILES string of the molecule is CCNC1CCCN(C2C(C)(C)C2(C)C)C1. The quantitative estimate of drug-likeness (QED) is 0.792. The molecule has 1 saturated carbocycles. The minimum atomic E-state index is 0.501. The van der Waals surface area contributed by atoms with Crippen LogP contribution in [0.1, 0.15) is 47.5 Å². The summed E-state index contributed by atoms with van der Waals surface area (Å²) in [4.78, 5) is 2.73. The average molecular weight is 224 g/mol. The zero-order chi connectivity index (χ0) is 12.0. The molecule has 0 bridgehead atoms. The number of likely N-dealkylation sites (N-methyl/N-ethyl adjacent to an activating group) is 1. The van der Waals surface area contributed by atoms with Crippen LogP contribution in [-0.2, 0) is 0 Å². The molecule has 1 atom stereocenters. The predicted molar refractivity (Wildman–Crippen MR) is 69.6 cm³/mol. The van der Waals surface area contributed by atoms with Gasteiger partial charge in [0.25, 0.3) is 0 Å². The number of hydrogen-bond acceptors (Lipinski definition) is 2. The fraction of sp³-hybridized carbons (Fsp3) is 1.00. The zero-order valence-electron chi connectivity index (χ0n) is 11.6. The van der Waals surface area contributed by atoms with E-state index < -0.39 is 0 Å². The van der Waals surface area contributed by atoms with E-state index in [0.717, 1.165) is 18.6 Å². The van der Waals surface area contributed by atoms with Gasteiger partial charge in [0.15, 0.2) is 0 Å². The molecule has 2 fully saturated rings. The Morgan fingerprint density at radius 3 is 2.31 bits per heavy atom. The summed E-state index contributed by atoms with van der Waals surface area (Å²) in [5, 5.41) is 3.61. The molecule has 0 radical (unpaired) electrons. The van der Waals surface area contributed by atoms with Crippen molar-refractivity contribution in [3.8, 4) is 0 Å². The number of rotatable bonds is 3. The van der Waals surface area contributed by atoms with Gasteiger partial charge in [-0.25, -0.2) is 0 Å². The van der Waals surface area contributed by atoms with E-state index in [2.05, 4.69) is 44.8 Å². The molecule has 1 saturated heterocycles. The van der Waals surface area contributed by atoms with Crippen molar-refractivity contribution in [2.45, 2.75) is 59.5 Å². The van der Waals surface area contributed by atoms with Crippen molar-refractivity contribution < 1.29 is 0 Å². The Morgan fingerprint density at radius 1 is 1.19 bits per heavy atom. The van der Waals surface area contributed by atoms with Crippen LogP contribution in [0.15, 0.2) is 0 Å². The molecule has 2 rings (SSSR count). The van der Waals surface area contributed by atoms with Gasteiger partial charge in [-0.15, -0.1) is 0 Å². The molecule has 2 aliphatic rings. The van der Waals surface area contributed by atoms with E-state index in [1.807, 2.05) is 0 Å². The Bertz CT molecular complexity index is 241. The van der Waals surface area contributed by atoms with Crippen molar-refractivity contribution in [2.75, 3.05) is 19.6 Å². The second-order valence-electron chi connectivity index (χ2n) is 6.74. The maximum Gasteiger partial charge on any atom is 0.0210 e. The fourth-order valence-corrected chi connectivity index (χ4v) is 3.77. The van der Waals surface area contributed by atoms with Crippen LogP contribution in [0, 0.1) is 10.8 Å². The molecule has 16 heavy (non-hydrogen) atoms. The molecule has 94 valence electrons. The normalized spacial score (nSPS) is 33.9. The van der Waals surface area contributed by atoms with Gasteiger partial charge in [-0.05, 0) is 36.8 Å². The molecular weight excluding hydrogens is 196 g/mol. The lowest BCUT2D eigenvalue weighted by Gasteiger charge is -2.34. The molecule has 2 heteroatoms. The lowest BCUT2D eigenvalue weighted by atomic mass is 10.0. The van der Waals surface area contributed by atoms with Crippen LogP contribution in [0.5, 0.6) is 0 Å². The predicted octanol–water partition coefficient (Wildman–Crippen LogP) is 2.49. The molecular formula is C14H28N2. The van der Waals surface area contributed by atoms with Crippen LogP contribution in [0.2, 0.25) is 0 Å². The Morgan fingerprint density at radius 2 is 1.81 bits per heavy atom. The largest absolute Gasteiger partial charge is 0.313 e. The summed E-state index contributed by atoms with van der Waals surface area (Å²) in [6.45, 7) is 15.6. The Labute approximate surface area is 101 Å². The third kappa shape index (κ3) is 1.80. The first-order chi connectivity index (χ1) is 7.41. The lowest BCUT2D eigenvalue weighted by molar-refractivity contribution is 0.159. The van der Waals surface area contributed by atoms with Gasteiger partial charge in [0.1, 0.15) is 0 Å². The minimum absolute atomic E-state index is 0.501. The molecule has 1 N–H and O–H groups in total. The molecule has 1 unspecified atom stereocenters. The summed E-state index contributed by atoms with van der Waals surface area (Å²) in [5.74, 6) is 0. The van der Waals surface area contributed by atoms with Crippen molar-refractivity contribution in [1.82, 2.24) is 10.2 Å². The third-order valence-electron chi connectivity index (χ3n) is 5.26. The summed E-state index contributed by atoms with van der Waals surface area (Å²) in [6, 6.07) is 1.52. The summed E-state index contributed by atoms with van der Waals surface area (Å²) < 4.78 is 0. The van der Waals surface area contributed by atoms with Crippen molar-refractivity contribution in [2.24, 2.45) is 10.8 Å². The van der Waals surface area contributed by atoms with Crippen molar-refractivity contribution >= 4 is 0 Å². The van der Waals surface area contributed by atoms with Gasteiger partial charge >= 0.3 is 0 Å². The first kappa shape index (κ1) is 12.4. The van der Waals surface area contributed by atoms with E-state index in [1.165, 1.54) is 25.9 Å². The van der Waals surface area contributed by atoms with E-state index >= 15 is 0 Å². The number of likely N-dealkylation sites (tertiary alicyclic amines) is 1. The zero-order valence-corrected chi connectivity index (χ0v) is 11.6. The maximum absolute atomic E-state index is 3.61. The van der Waals surface area contributed by atoms with Crippen LogP contribution in [0.25, 0.3) is 0 Å². The summed E-state index contributed by atoms with van der Waals surface area (Å²) in [5.41, 5.74) is 1.00. The molecule has 0 aromatic rings. The third-order valence-corrected chi connectivity index (χ3v) is 5.26. The van der Waals surface area contributed by atoms with E-state index in [-0.39, 0.29) is 0 Å². The molecule has 0 aromatic carbocycles. The highest BCUT2D eigenvalue weighted by molar-refractivity contribution is 5.19. The van der Waals surface area contributed by atoms with Crippen LogP contribution in [0.4, 0.5) is 0 Å². The van der Waals surface area contributed by atoms with Gasteiger partial charge in [0.05, 0.1) is 0 Å². The summed E-state index contributed by atoms with van der Waals surface area (Å²) in [6.07, 6.45) is 2.72. The fourth-order valence-electron chi connectivity index (χ4n) is 3.77. The number of nitrogens with zero attached hydrogens (tertiary/aromatic N) is 1. The Hall–Kier alpha value is -0.0800.